The van der Waals surface area contributed by atoms with E-state index in [4.69, 9.17) is 0 Å². The van der Waals surface area contributed by atoms with Gasteiger partial charge in [-0.25, -0.2) is 0 Å². The molecule has 1 aliphatic carbocycles. The lowest BCUT2D eigenvalue weighted by Crippen LogP contribution is -2.58. The zero-order chi connectivity index (χ0) is 10.2. The molecule has 1 aliphatic heterocycles. The first-order valence-corrected chi connectivity index (χ1v) is 5.58. The first-order chi connectivity index (χ1) is 6.65. The van der Waals surface area contributed by atoms with Gasteiger partial charge in [0, 0.05) is 6.42 Å². The summed E-state index contributed by atoms with van der Waals surface area (Å²) in [5, 5.41) is 9.47. The Labute approximate surface area is 85.1 Å². The second-order valence-electron chi connectivity index (χ2n) is 4.71. The van der Waals surface area contributed by atoms with Crippen molar-refractivity contribution >= 4 is 5.78 Å². The molecule has 1 N–H and O–H groups in total. The zero-order valence-corrected chi connectivity index (χ0v) is 8.83. The summed E-state index contributed by atoms with van der Waals surface area (Å²) in [5.74, 6) is 0.401. The van der Waals surface area contributed by atoms with Crippen molar-refractivity contribution < 1.29 is 9.90 Å². The van der Waals surface area contributed by atoms with E-state index in [1.54, 1.807) is 0 Å². The fourth-order valence-corrected chi connectivity index (χ4v) is 2.88. The average molecular weight is 197 g/mol. The van der Waals surface area contributed by atoms with E-state index in [1.807, 2.05) is 0 Å². The van der Waals surface area contributed by atoms with Crippen molar-refractivity contribution in [3.05, 3.63) is 0 Å². The van der Waals surface area contributed by atoms with Gasteiger partial charge in [0.15, 0.2) is 5.78 Å². The van der Waals surface area contributed by atoms with Gasteiger partial charge in [-0.1, -0.05) is 0 Å². The van der Waals surface area contributed by atoms with Crippen molar-refractivity contribution in [2.24, 2.45) is 0 Å². The van der Waals surface area contributed by atoms with Crippen LogP contribution in [0.25, 0.3) is 0 Å². The van der Waals surface area contributed by atoms with Gasteiger partial charge >= 0.3 is 0 Å². The van der Waals surface area contributed by atoms with Crippen molar-refractivity contribution in [1.29, 1.82) is 0 Å². The van der Waals surface area contributed by atoms with Crippen LogP contribution in [0.3, 0.4) is 0 Å². The summed E-state index contributed by atoms with van der Waals surface area (Å²) >= 11 is 0. The van der Waals surface area contributed by atoms with E-state index < -0.39 is 0 Å². The van der Waals surface area contributed by atoms with Crippen molar-refractivity contribution in [2.45, 2.75) is 50.2 Å². The summed E-state index contributed by atoms with van der Waals surface area (Å²) in [4.78, 5) is 14.2. The quantitative estimate of drug-likeness (QED) is 0.628. The van der Waals surface area contributed by atoms with E-state index in [0.717, 1.165) is 45.1 Å². The van der Waals surface area contributed by atoms with E-state index >= 15 is 0 Å². The summed E-state index contributed by atoms with van der Waals surface area (Å²) in [5.41, 5.74) is -0.211. The zero-order valence-electron chi connectivity index (χ0n) is 8.83. The van der Waals surface area contributed by atoms with Gasteiger partial charge in [-0.15, -0.1) is 0 Å². The average Bonchev–Trinajstić information content (AvgIpc) is 2.17. The van der Waals surface area contributed by atoms with Gasteiger partial charge in [-0.3, -0.25) is 9.69 Å². The number of carbonyl (C=O) groups excluding carboxylic acids is 1. The Morgan fingerprint density at radius 1 is 1.43 bits per heavy atom. The van der Waals surface area contributed by atoms with Crippen LogP contribution in [0, 0.1) is 0 Å². The molecule has 0 atom stereocenters. The minimum absolute atomic E-state index is 0.177. The SMILES string of the molecule is CN1CCCC(=O)[C@]12CC[C@H](O)CC2. The molecule has 2 rings (SSSR count). The number of hydrogen-bond acceptors (Lipinski definition) is 3. The van der Waals surface area contributed by atoms with Crippen LogP contribution in [0.15, 0.2) is 0 Å². The topological polar surface area (TPSA) is 40.5 Å². The van der Waals surface area contributed by atoms with E-state index in [1.165, 1.54) is 0 Å². The van der Waals surface area contributed by atoms with Gasteiger partial charge in [0.2, 0.25) is 0 Å². The highest BCUT2D eigenvalue weighted by molar-refractivity contribution is 5.89. The third-order valence-electron chi connectivity index (χ3n) is 3.93. The Balaban J connectivity index is 2.15. The molecule has 14 heavy (non-hydrogen) atoms. The molecular formula is C11H19NO2. The molecule has 3 heteroatoms. The molecule has 3 nitrogen and oxygen atoms in total. The van der Waals surface area contributed by atoms with E-state index in [0.29, 0.717) is 5.78 Å². The molecule has 1 heterocycles. The number of rotatable bonds is 0. The second kappa shape index (κ2) is 3.63. The summed E-state index contributed by atoms with van der Waals surface area (Å²) < 4.78 is 0. The van der Waals surface area contributed by atoms with E-state index in [2.05, 4.69) is 11.9 Å². The van der Waals surface area contributed by atoms with Crippen molar-refractivity contribution in [2.75, 3.05) is 13.6 Å². The van der Waals surface area contributed by atoms with Gasteiger partial charge in [0.05, 0.1) is 11.6 Å². The number of aliphatic hydroxyl groups is 1. The molecule has 2 fully saturated rings. The van der Waals surface area contributed by atoms with E-state index in [-0.39, 0.29) is 11.6 Å². The third kappa shape index (κ3) is 1.48. The van der Waals surface area contributed by atoms with Crippen molar-refractivity contribution in [1.82, 2.24) is 4.90 Å². The number of likely N-dealkylation sites (tertiary alicyclic amines) is 1. The monoisotopic (exact) mass is 197 g/mol. The molecule has 0 amide bonds. The normalized spacial score (nSPS) is 40.4. The van der Waals surface area contributed by atoms with Gasteiger partial charge in [0.25, 0.3) is 0 Å². The maximum atomic E-state index is 12.0. The molecule has 80 valence electrons. The summed E-state index contributed by atoms with van der Waals surface area (Å²) in [7, 11) is 2.05. The third-order valence-corrected chi connectivity index (χ3v) is 3.93. The van der Waals surface area contributed by atoms with E-state index in [9.17, 15) is 9.90 Å². The molecule has 0 aromatic carbocycles. The molecule has 1 saturated carbocycles. The molecule has 2 aliphatic rings. The summed E-state index contributed by atoms with van der Waals surface area (Å²) in [6.45, 7) is 1.03. The van der Waals surface area contributed by atoms with Crippen LogP contribution < -0.4 is 0 Å². The lowest BCUT2D eigenvalue weighted by molar-refractivity contribution is -0.138. The highest BCUT2D eigenvalue weighted by atomic mass is 16.3. The molecule has 0 aromatic rings. The second-order valence-corrected chi connectivity index (χ2v) is 4.71. The minimum atomic E-state index is -0.211. The maximum absolute atomic E-state index is 12.0. The summed E-state index contributed by atoms with van der Waals surface area (Å²) in [6.07, 6.45) is 4.84. The number of aliphatic hydroxyl groups excluding tert-OH is 1. The number of carbonyl (C=O) groups is 1. The van der Waals surface area contributed by atoms with Gasteiger partial charge < -0.3 is 5.11 Å². The molecule has 0 unspecified atom stereocenters. The highest BCUT2D eigenvalue weighted by Gasteiger charge is 2.45. The lowest BCUT2D eigenvalue weighted by atomic mass is 9.73. The van der Waals surface area contributed by atoms with Crippen LogP contribution in [0.4, 0.5) is 0 Å². The molecule has 0 aromatic heterocycles. The molecule has 0 bridgehead atoms. The lowest BCUT2D eigenvalue weighted by Gasteiger charge is -2.47. The number of piperidine rings is 1. The predicted molar refractivity (Wildman–Crippen MR) is 54.1 cm³/mol. The number of hydrogen-bond donors (Lipinski definition) is 1. The first kappa shape index (κ1) is 10.1. The minimum Gasteiger partial charge on any atom is -0.393 e. The number of likely N-dealkylation sites (N-methyl/N-ethyl adjacent to an activating group) is 1. The van der Waals surface area contributed by atoms with Gasteiger partial charge in [-0.2, -0.15) is 0 Å². The molecule has 0 radical (unpaired) electrons. The number of ketones is 1. The Morgan fingerprint density at radius 2 is 2.07 bits per heavy atom. The fraction of sp³-hybridized carbons (Fsp3) is 0.909. The van der Waals surface area contributed by atoms with Crippen LogP contribution in [0.2, 0.25) is 0 Å². The number of Topliss-reactive ketones (excluding diaryl/α,β-unsaturated/α-hetero) is 1. The standard InChI is InChI=1S/C11H19NO2/c1-12-8-2-3-10(14)11(12)6-4-9(13)5-7-11/h9,13H,2-8H2,1H3/t9-,11+. The first-order valence-electron chi connectivity index (χ1n) is 5.58. The predicted octanol–water partition coefficient (Wildman–Crippen LogP) is 0.955. The molecule has 1 saturated heterocycles. The number of nitrogens with zero attached hydrogens (tertiary/aromatic N) is 1. The van der Waals surface area contributed by atoms with Crippen LogP contribution in [0.5, 0.6) is 0 Å². The Kier molecular flexibility index (Phi) is 2.62. The van der Waals surface area contributed by atoms with Crippen LogP contribution >= 0.6 is 0 Å². The van der Waals surface area contributed by atoms with Gasteiger partial charge in [-0.05, 0) is 45.7 Å². The Bertz CT molecular complexity index is 231. The maximum Gasteiger partial charge on any atom is 0.153 e. The highest BCUT2D eigenvalue weighted by Crippen LogP contribution is 2.37. The Hall–Kier alpha value is -0.410. The largest absolute Gasteiger partial charge is 0.393 e. The van der Waals surface area contributed by atoms with Crippen LogP contribution in [0.1, 0.15) is 38.5 Å². The fourth-order valence-electron chi connectivity index (χ4n) is 2.88. The van der Waals surface area contributed by atoms with Crippen LogP contribution in [-0.2, 0) is 4.79 Å². The molecular weight excluding hydrogens is 178 g/mol. The van der Waals surface area contributed by atoms with Crippen molar-refractivity contribution in [3.8, 4) is 0 Å². The van der Waals surface area contributed by atoms with Crippen LogP contribution in [-0.4, -0.2) is 41.0 Å². The van der Waals surface area contributed by atoms with Gasteiger partial charge in [0.1, 0.15) is 0 Å². The smallest absolute Gasteiger partial charge is 0.153 e. The van der Waals surface area contributed by atoms with Crippen molar-refractivity contribution in [3.63, 3.8) is 0 Å². The molecule has 1 spiro atoms. The Morgan fingerprint density at radius 3 is 2.64 bits per heavy atom. The summed E-state index contributed by atoms with van der Waals surface area (Å²) in [6, 6.07) is 0.